The summed E-state index contributed by atoms with van der Waals surface area (Å²) in [6.45, 7) is 7.36. The van der Waals surface area contributed by atoms with Gasteiger partial charge in [-0.15, -0.1) is 0 Å². The molecule has 0 aromatic heterocycles. The maximum absolute atomic E-state index is 10.5. The molecule has 0 unspecified atom stereocenters. The molecular weight excluding hydrogens is 238 g/mol. The fraction of sp³-hybridized carbons (Fsp3) is 0.833. The molecule has 5 heteroatoms. The van der Waals surface area contributed by atoms with Crippen molar-refractivity contribution < 1.29 is 13.2 Å². The van der Waals surface area contributed by atoms with Crippen LogP contribution in [0.4, 0.5) is 0 Å². The van der Waals surface area contributed by atoms with Crippen molar-refractivity contribution in [1.29, 1.82) is 0 Å². The summed E-state index contributed by atoms with van der Waals surface area (Å²) in [6.07, 6.45) is 6.54. The van der Waals surface area contributed by atoms with E-state index >= 15 is 0 Å². The van der Waals surface area contributed by atoms with Crippen molar-refractivity contribution in [2.45, 2.75) is 40.2 Å². The zero-order valence-electron chi connectivity index (χ0n) is 10.9. The van der Waals surface area contributed by atoms with Gasteiger partial charge in [0.1, 0.15) is 0 Å². The first-order chi connectivity index (χ1) is 7.19. The lowest BCUT2D eigenvalue weighted by Gasteiger charge is -2.24. The number of ether oxygens (including phenoxy) is 1. The SMILES string of the molecule is C.CC1(C)C=CCCO1.CCN(C)S(C)(=O)=O. The lowest BCUT2D eigenvalue weighted by molar-refractivity contribution is 0.0141. The second kappa shape index (κ2) is 7.84. The Balaban J connectivity index is 0. The molecule has 0 amide bonds. The van der Waals surface area contributed by atoms with E-state index in [2.05, 4.69) is 26.0 Å². The summed E-state index contributed by atoms with van der Waals surface area (Å²) in [4.78, 5) is 0. The Morgan fingerprint density at radius 2 is 1.94 bits per heavy atom. The quantitative estimate of drug-likeness (QED) is 0.720. The summed E-state index contributed by atoms with van der Waals surface area (Å²) < 4.78 is 27.6. The molecule has 17 heavy (non-hydrogen) atoms. The summed E-state index contributed by atoms with van der Waals surface area (Å²) in [5, 5.41) is 0. The van der Waals surface area contributed by atoms with Crippen LogP contribution in [-0.2, 0) is 14.8 Å². The molecule has 4 nitrogen and oxygen atoms in total. The number of sulfonamides is 1. The largest absolute Gasteiger partial charge is 0.371 e. The Morgan fingerprint density at radius 3 is 2.06 bits per heavy atom. The molecule has 0 aromatic rings. The van der Waals surface area contributed by atoms with Crippen LogP contribution in [0.2, 0.25) is 0 Å². The Hall–Kier alpha value is -0.390. The van der Waals surface area contributed by atoms with Gasteiger partial charge < -0.3 is 4.74 Å². The smallest absolute Gasteiger partial charge is 0.210 e. The molecule has 0 radical (unpaired) electrons. The molecule has 1 aliphatic heterocycles. The molecule has 0 aromatic carbocycles. The minimum Gasteiger partial charge on any atom is -0.371 e. The molecule has 1 rings (SSSR count). The van der Waals surface area contributed by atoms with Gasteiger partial charge in [-0.1, -0.05) is 26.5 Å². The van der Waals surface area contributed by atoms with Crippen LogP contribution in [0.25, 0.3) is 0 Å². The number of rotatable bonds is 2. The van der Waals surface area contributed by atoms with E-state index in [9.17, 15) is 8.42 Å². The first-order valence-electron chi connectivity index (χ1n) is 5.42. The Kier molecular flexibility index (Phi) is 8.75. The van der Waals surface area contributed by atoms with Gasteiger partial charge in [0.05, 0.1) is 18.5 Å². The van der Waals surface area contributed by atoms with Crippen LogP contribution in [0.3, 0.4) is 0 Å². The molecule has 0 aliphatic carbocycles. The summed E-state index contributed by atoms with van der Waals surface area (Å²) in [5.74, 6) is 0. The molecule has 104 valence electrons. The van der Waals surface area contributed by atoms with Gasteiger partial charge in [0.25, 0.3) is 0 Å². The Morgan fingerprint density at radius 1 is 1.41 bits per heavy atom. The van der Waals surface area contributed by atoms with Crippen molar-refractivity contribution in [2.24, 2.45) is 0 Å². The van der Waals surface area contributed by atoms with Gasteiger partial charge in [0.15, 0.2) is 0 Å². The third-order valence-corrected chi connectivity index (χ3v) is 3.68. The topological polar surface area (TPSA) is 46.6 Å². The average molecular weight is 265 g/mol. The normalized spacial score (nSPS) is 18.0. The van der Waals surface area contributed by atoms with Crippen LogP contribution >= 0.6 is 0 Å². The molecule has 0 bridgehead atoms. The van der Waals surface area contributed by atoms with Crippen LogP contribution in [0.5, 0.6) is 0 Å². The van der Waals surface area contributed by atoms with Crippen LogP contribution in [0.1, 0.15) is 34.6 Å². The molecule has 0 N–H and O–H groups in total. The Labute approximate surface area is 107 Å². The summed E-state index contributed by atoms with van der Waals surface area (Å²) in [5.41, 5.74) is -0.00174. The lowest BCUT2D eigenvalue weighted by Crippen LogP contribution is -2.24. The maximum Gasteiger partial charge on any atom is 0.210 e. The summed E-state index contributed by atoms with van der Waals surface area (Å²) in [6, 6.07) is 0. The average Bonchev–Trinajstić information content (AvgIpc) is 2.15. The number of hydrogen-bond donors (Lipinski definition) is 0. The van der Waals surface area contributed by atoms with Crippen LogP contribution in [-0.4, -0.2) is 44.8 Å². The molecule has 0 fully saturated rings. The van der Waals surface area contributed by atoms with E-state index in [1.54, 1.807) is 14.0 Å². The third kappa shape index (κ3) is 9.32. The zero-order valence-corrected chi connectivity index (χ0v) is 11.7. The highest BCUT2D eigenvalue weighted by molar-refractivity contribution is 7.88. The van der Waals surface area contributed by atoms with E-state index in [-0.39, 0.29) is 13.0 Å². The Bertz CT molecular complexity index is 321. The van der Waals surface area contributed by atoms with Crippen molar-refractivity contribution in [2.75, 3.05) is 26.5 Å². The van der Waals surface area contributed by atoms with Gasteiger partial charge in [-0.25, -0.2) is 12.7 Å². The van der Waals surface area contributed by atoms with E-state index in [1.165, 1.54) is 10.6 Å². The summed E-state index contributed by atoms with van der Waals surface area (Å²) >= 11 is 0. The van der Waals surface area contributed by atoms with Crippen molar-refractivity contribution in [3.63, 3.8) is 0 Å². The van der Waals surface area contributed by atoms with Gasteiger partial charge in [0, 0.05) is 13.6 Å². The fourth-order valence-corrected chi connectivity index (χ4v) is 1.51. The lowest BCUT2D eigenvalue weighted by atomic mass is 10.1. The van der Waals surface area contributed by atoms with E-state index in [1.807, 2.05) is 0 Å². The van der Waals surface area contributed by atoms with Crippen molar-refractivity contribution in [1.82, 2.24) is 4.31 Å². The molecule has 0 saturated carbocycles. The standard InChI is InChI=1S/C7H12O.C4H11NO2S.CH4/c1-7(2)5-3-4-6-8-7;1-4-5(2)8(3,6)7;/h3,5H,4,6H2,1-2H3;4H2,1-3H3;1H4. The van der Waals surface area contributed by atoms with E-state index in [0.717, 1.165) is 13.0 Å². The second-order valence-electron chi connectivity index (χ2n) is 4.32. The monoisotopic (exact) mass is 265 g/mol. The minimum absolute atomic E-state index is 0. The zero-order chi connectivity index (χ0) is 12.8. The predicted octanol–water partition coefficient (Wildman–Crippen LogP) is 2.28. The maximum atomic E-state index is 10.5. The highest BCUT2D eigenvalue weighted by Crippen LogP contribution is 2.15. The molecule has 1 heterocycles. The van der Waals surface area contributed by atoms with E-state index < -0.39 is 10.0 Å². The summed E-state index contributed by atoms with van der Waals surface area (Å²) in [7, 11) is -1.37. The van der Waals surface area contributed by atoms with Crippen LogP contribution in [0, 0.1) is 0 Å². The molecule has 0 spiro atoms. The van der Waals surface area contributed by atoms with E-state index in [0.29, 0.717) is 6.54 Å². The van der Waals surface area contributed by atoms with Gasteiger partial charge in [-0.05, 0) is 20.3 Å². The van der Waals surface area contributed by atoms with E-state index in [4.69, 9.17) is 4.74 Å². The number of hydrogen-bond acceptors (Lipinski definition) is 3. The van der Waals surface area contributed by atoms with Crippen molar-refractivity contribution >= 4 is 10.0 Å². The van der Waals surface area contributed by atoms with Gasteiger partial charge >= 0.3 is 0 Å². The predicted molar refractivity (Wildman–Crippen MR) is 73.7 cm³/mol. The fourth-order valence-electron chi connectivity index (χ4n) is 1.04. The number of nitrogens with zero attached hydrogens (tertiary/aromatic N) is 1. The third-order valence-electron chi connectivity index (χ3n) is 2.29. The minimum atomic E-state index is -2.92. The van der Waals surface area contributed by atoms with Gasteiger partial charge in [0.2, 0.25) is 10.0 Å². The van der Waals surface area contributed by atoms with Crippen LogP contribution < -0.4 is 0 Å². The molecule has 1 aliphatic rings. The van der Waals surface area contributed by atoms with Gasteiger partial charge in [-0.3, -0.25) is 0 Å². The van der Waals surface area contributed by atoms with Crippen molar-refractivity contribution in [3.05, 3.63) is 12.2 Å². The second-order valence-corrected chi connectivity index (χ2v) is 6.41. The first-order valence-corrected chi connectivity index (χ1v) is 7.27. The molecule has 0 atom stereocenters. The van der Waals surface area contributed by atoms with Gasteiger partial charge in [-0.2, -0.15) is 0 Å². The van der Waals surface area contributed by atoms with Crippen molar-refractivity contribution in [3.8, 4) is 0 Å². The first kappa shape index (κ1) is 19.0. The molecular formula is C12H27NO3S. The highest BCUT2D eigenvalue weighted by atomic mass is 32.2. The highest BCUT2D eigenvalue weighted by Gasteiger charge is 2.15. The molecule has 0 saturated heterocycles. The van der Waals surface area contributed by atoms with Crippen LogP contribution in [0.15, 0.2) is 12.2 Å².